The molecule has 1 aromatic carbocycles. The van der Waals surface area contributed by atoms with E-state index in [2.05, 4.69) is 5.10 Å². The van der Waals surface area contributed by atoms with Gasteiger partial charge in [-0.25, -0.2) is 8.42 Å². The molecule has 0 N–H and O–H groups in total. The average Bonchev–Trinajstić information content (AvgIpc) is 3.39. The Morgan fingerprint density at radius 1 is 1.31 bits per heavy atom. The molecule has 0 amide bonds. The van der Waals surface area contributed by atoms with E-state index in [0.29, 0.717) is 17.2 Å². The van der Waals surface area contributed by atoms with Crippen LogP contribution in [0.25, 0.3) is 0 Å². The van der Waals surface area contributed by atoms with E-state index in [1.54, 1.807) is 46.4 Å². The van der Waals surface area contributed by atoms with Gasteiger partial charge in [0, 0.05) is 25.2 Å². The minimum atomic E-state index is -3.80. The lowest BCUT2D eigenvalue weighted by Gasteiger charge is -2.23. The zero-order chi connectivity index (χ0) is 19.1. The van der Waals surface area contributed by atoms with Gasteiger partial charge >= 0.3 is 0 Å². The molecule has 1 aliphatic rings. The second kappa shape index (κ2) is 7.09. The van der Waals surface area contributed by atoms with Crippen molar-refractivity contribution in [2.45, 2.75) is 37.2 Å². The van der Waals surface area contributed by atoms with E-state index in [1.807, 2.05) is 0 Å². The number of benzene rings is 1. The second-order valence-corrected chi connectivity index (χ2v) is 8.47. The number of halogens is 1. The topological polar surface area (TPSA) is 73.7 Å². The number of ether oxygens (including phenoxy) is 2. The Morgan fingerprint density at radius 2 is 2.00 bits per heavy atom. The first-order valence-corrected chi connectivity index (χ1v) is 10.0. The van der Waals surface area contributed by atoms with Gasteiger partial charge in [-0.1, -0.05) is 11.6 Å². The zero-order valence-electron chi connectivity index (χ0n) is 15.2. The fourth-order valence-electron chi connectivity index (χ4n) is 2.97. The predicted octanol–water partition coefficient (Wildman–Crippen LogP) is 2.75. The minimum absolute atomic E-state index is 0.0495. The number of aromatic nitrogens is 2. The van der Waals surface area contributed by atoms with E-state index < -0.39 is 10.0 Å². The smallest absolute Gasteiger partial charge is 0.248 e. The van der Waals surface area contributed by atoms with E-state index in [0.717, 1.165) is 18.4 Å². The summed E-state index contributed by atoms with van der Waals surface area (Å²) < 4.78 is 40.2. The number of sulfonamides is 1. The van der Waals surface area contributed by atoms with Crippen molar-refractivity contribution in [2.75, 3.05) is 14.2 Å². The van der Waals surface area contributed by atoms with Crippen LogP contribution in [0.4, 0.5) is 0 Å². The van der Waals surface area contributed by atoms with Crippen molar-refractivity contribution >= 4 is 21.6 Å². The monoisotopic (exact) mass is 399 g/mol. The standard InChI is InChI=1S/C17H22ClN3O4S/c1-11-16(17(18)20(2)19-11)26(22,23)21(13-5-6-13)10-12-9-14(24-3)7-8-15(12)25-4/h7-9,13H,5-6,10H2,1-4H3. The summed E-state index contributed by atoms with van der Waals surface area (Å²) in [6, 6.07) is 5.29. The molecule has 9 heteroatoms. The van der Waals surface area contributed by atoms with Crippen molar-refractivity contribution in [2.24, 2.45) is 7.05 Å². The summed E-state index contributed by atoms with van der Waals surface area (Å²) in [7, 11) is 0.955. The van der Waals surface area contributed by atoms with Crippen LogP contribution in [0, 0.1) is 6.92 Å². The molecule has 1 aromatic heterocycles. The third-order valence-corrected chi connectivity index (χ3v) is 7.03. The third-order valence-electron chi connectivity index (χ3n) is 4.43. The van der Waals surface area contributed by atoms with Gasteiger partial charge < -0.3 is 9.47 Å². The molecule has 142 valence electrons. The first-order valence-electron chi connectivity index (χ1n) is 8.21. The quantitative estimate of drug-likeness (QED) is 0.715. The molecule has 1 aliphatic carbocycles. The Bertz CT molecular complexity index is 922. The molecular formula is C17H22ClN3O4S. The van der Waals surface area contributed by atoms with Crippen LogP contribution in [0.2, 0.25) is 5.15 Å². The van der Waals surface area contributed by atoms with E-state index in [1.165, 1.54) is 8.99 Å². The minimum Gasteiger partial charge on any atom is -0.497 e. The lowest BCUT2D eigenvalue weighted by molar-refractivity contribution is 0.369. The molecule has 26 heavy (non-hydrogen) atoms. The van der Waals surface area contributed by atoms with Crippen molar-refractivity contribution in [1.29, 1.82) is 0 Å². The Morgan fingerprint density at radius 3 is 2.50 bits per heavy atom. The van der Waals surface area contributed by atoms with Crippen molar-refractivity contribution in [3.8, 4) is 11.5 Å². The highest BCUT2D eigenvalue weighted by molar-refractivity contribution is 7.89. The maximum atomic E-state index is 13.3. The van der Waals surface area contributed by atoms with Crippen LogP contribution in [0.1, 0.15) is 24.1 Å². The van der Waals surface area contributed by atoms with Gasteiger partial charge in [0.1, 0.15) is 21.5 Å². The Kier molecular flexibility index (Phi) is 5.18. The van der Waals surface area contributed by atoms with Gasteiger partial charge in [-0.05, 0) is 38.0 Å². The van der Waals surface area contributed by atoms with E-state index in [4.69, 9.17) is 21.1 Å². The summed E-state index contributed by atoms with van der Waals surface area (Å²) in [4.78, 5) is 0.0652. The molecule has 0 atom stereocenters. The van der Waals surface area contributed by atoms with Crippen molar-refractivity contribution in [1.82, 2.24) is 14.1 Å². The normalized spacial score (nSPS) is 14.7. The SMILES string of the molecule is COc1ccc(OC)c(CN(C2CC2)S(=O)(=O)c2c(C)nn(C)c2Cl)c1. The maximum absolute atomic E-state index is 13.3. The van der Waals surface area contributed by atoms with Gasteiger partial charge in [-0.3, -0.25) is 4.68 Å². The fraction of sp³-hybridized carbons (Fsp3) is 0.471. The molecule has 2 aromatic rings. The van der Waals surface area contributed by atoms with Gasteiger partial charge in [-0.15, -0.1) is 0 Å². The lowest BCUT2D eigenvalue weighted by atomic mass is 10.2. The first-order chi connectivity index (χ1) is 12.3. The van der Waals surface area contributed by atoms with Crippen LogP contribution >= 0.6 is 11.6 Å². The Balaban J connectivity index is 2.03. The first kappa shape index (κ1) is 19.0. The molecule has 1 heterocycles. The van der Waals surface area contributed by atoms with Crippen LogP contribution in [0.15, 0.2) is 23.1 Å². The van der Waals surface area contributed by atoms with Crippen LogP contribution in [0.5, 0.6) is 11.5 Å². The molecule has 0 radical (unpaired) electrons. The Hall–Kier alpha value is -1.77. The number of rotatable bonds is 7. The summed E-state index contributed by atoms with van der Waals surface area (Å²) in [6.45, 7) is 1.83. The second-order valence-electron chi connectivity index (χ2n) is 6.29. The van der Waals surface area contributed by atoms with Crippen LogP contribution in [-0.2, 0) is 23.6 Å². The number of hydrogen-bond acceptors (Lipinski definition) is 5. The van der Waals surface area contributed by atoms with E-state index >= 15 is 0 Å². The zero-order valence-corrected chi connectivity index (χ0v) is 16.8. The lowest BCUT2D eigenvalue weighted by Crippen LogP contribution is -2.33. The number of aryl methyl sites for hydroxylation is 2. The van der Waals surface area contributed by atoms with E-state index in [-0.39, 0.29) is 22.6 Å². The van der Waals surface area contributed by atoms with Gasteiger partial charge in [0.25, 0.3) is 0 Å². The average molecular weight is 400 g/mol. The molecule has 0 spiro atoms. The summed E-state index contributed by atoms with van der Waals surface area (Å²) >= 11 is 6.23. The molecular weight excluding hydrogens is 378 g/mol. The van der Waals surface area contributed by atoms with Gasteiger partial charge in [0.05, 0.1) is 19.9 Å². The number of hydrogen-bond donors (Lipinski definition) is 0. The highest BCUT2D eigenvalue weighted by Gasteiger charge is 2.41. The molecule has 0 unspecified atom stereocenters. The molecule has 1 saturated carbocycles. The molecule has 7 nitrogen and oxygen atoms in total. The molecule has 0 saturated heterocycles. The fourth-order valence-corrected chi connectivity index (χ4v) is 5.34. The maximum Gasteiger partial charge on any atom is 0.248 e. The number of methoxy groups -OCH3 is 2. The van der Waals surface area contributed by atoms with Gasteiger partial charge in [0.15, 0.2) is 0 Å². The summed E-state index contributed by atoms with van der Waals surface area (Å²) in [5, 5.41) is 4.26. The van der Waals surface area contributed by atoms with Crippen LogP contribution in [0.3, 0.4) is 0 Å². The van der Waals surface area contributed by atoms with Crippen molar-refractivity contribution in [3.05, 3.63) is 34.6 Å². The summed E-state index contributed by atoms with van der Waals surface area (Å²) in [5.74, 6) is 1.25. The van der Waals surface area contributed by atoms with Gasteiger partial charge in [0.2, 0.25) is 10.0 Å². The van der Waals surface area contributed by atoms with Crippen LogP contribution in [-0.4, -0.2) is 42.8 Å². The highest BCUT2D eigenvalue weighted by Crippen LogP contribution is 2.38. The highest BCUT2D eigenvalue weighted by atomic mass is 35.5. The number of nitrogens with zero attached hydrogens (tertiary/aromatic N) is 3. The molecule has 1 fully saturated rings. The molecule has 0 bridgehead atoms. The van der Waals surface area contributed by atoms with Gasteiger partial charge in [-0.2, -0.15) is 9.40 Å². The van der Waals surface area contributed by atoms with Crippen molar-refractivity contribution in [3.63, 3.8) is 0 Å². The summed E-state index contributed by atoms with van der Waals surface area (Å²) in [5.41, 5.74) is 1.13. The predicted molar refractivity (Wildman–Crippen MR) is 98.3 cm³/mol. The molecule has 3 rings (SSSR count). The summed E-state index contributed by atoms with van der Waals surface area (Å²) in [6.07, 6.45) is 1.64. The largest absolute Gasteiger partial charge is 0.497 e. The van der Waals surface area contributed by atoms with E-state index in [9.17, 15) is 8.42 Å². The molecule has 0 aliphatic heterocycles. The van der Waals surface area contributed by atoms with Crippen molar-refractivity contribution < 1.29 is 17.9 Å². The third kappa shape index (κ3) is 3.41. The van der Waals surface area contributed by atoms with Crippen LogP contribution < -0.4 is 9.47 Å². The Labute approximate surface area is 158 Å².